The van der Waals surface area contributed by atoms with E-state index in [1.165, 1.54) is 24.3 Å². The van der Waals surface area contributed by atoms with Crippen LogP contribution in [0.5, 0.6) is 11.5 Å². The lowest BCUT2D eigenvalue weighted by Gasteiger charge is -2.29. The van der Waals surface area contributed by atoms with Crippen molar-refractivity contribution in [3.63, 3.8) is 0 Å². The minimum atomic E-state index is -4.84. The fourth-order valence-corrected chi connectivity index (χ4v) is 4.73. The molecular formula is C22H19F3N4O5S. The Kier molecular flexibility index (Phi) is 6.89. The molecule has 35 heavy (non-hydrogen) atoms. The molecule has 0 aromatic heterocycles. The van der Waals surface area contributed by atoms with E-state index in [1.807, 2.05) is 0 Å². The maximum Gasteiger partial charge on any atom is 0.266 e. The Morgan fingerprint density at radius 3 is 2.34 bits per heavy atom. The van der Waals surface area contributed by atoms with E-state index in [9.17, 15) is 26.4 Å². The van der Waals surface area contributed by atoms with Crippen molar-refractivity contribution < 1.29 is 37.8 Å². The lowest BCUT2D eigenvalue weighted by molar-refractivity contribution is -0.129. The molecule has 0 unspecified atom stereocenters. The van der Waals surface area contributed by atoms with Crippen LogP contribution in [0.3, 0.4) is 0 Å². The first-order chi connectivity index (χ1) is 16.9. The van der Waals surface area contributed by atoms with E-state index in [4.69, 9.17) is 17.3 Å². The number of sulfonamides is 1. The summed E-state index contributed by atoms with van der Waals surface area (Å²) in [6.45, 7) is 1.14. The quantitative estimate of drug-likeness (QED) is 0.151. The number of carbonyl (C=O) groups excluding carboxylic acids is 1. The van der Waals surface area contributed by atoms with Gasteiger partial charge in [0.05, 0.1) is 10.6 Å². The third-order valence-corrected chi connectivity index (χ3v) is 6.68. The molecule has 0 aliphatic carbocycles. The molecule has 184 valence electrons. The fourth-order valence-electron chi connectivity index (χ4n) is 3.09. The number of nitrogen functional groups attached to an aromatic ring is 1. The second-order valence-electron chi connectivity index (χ2n) is 7.18. The fraction of sp³-hybridized carbons (Fsp3) is 0.0909. The Morgan fingerprint density at radius 1 is 1.14 bits per heavy atom. The first kappa shape index (κ1) is 24.0. The molecule has 3 rings (SSSR count). The maximum absolute atomic E-state index is 14.8. The molecule has 13 heteroatoms. The lowest BCUT2D eigenvalue weighted by Crippen LogP contribution is -2.47. The molecule has 0 saturated heterocycles. The zero-order valence-corrected chi connectivity index (χ0v) is 18.8. The second kappa shape index (κ2) is 10.0. The van der Waals surface area contributed by atoms with Gasteiger partial charge in [0, 0.05) is 5.56 Å². The van der Waals surface area contributed by atoms with Crippen LogP contribution < -0.4 is 20.3 Å². The number of nitrogens with two attached hydrogens (primary N) is 1. The van der Waals surface area contributed by atoms with Crippen molar-refractivity contribution in [2.24, 2.45) is 5.73 Å². The summed E-state index contributed by atoms with van der Waals surface area (Å²) in [5.74, 6) is -5.89. The van der Waals surface area contributed by atoms with E-state index in [-0.39, 0.29) is 17.0 Å². The molecule has 0 saturated carbocycles. The van der Waals surface area contributed by atoms with Gasteiger partial charge in [-0.05, 0) is 55.5 Å². The maximum atomic E-state index is 14.8. The molecular weight excluding hydrogens is 489 g/mol. The third-order valence-electron chi connectivity index (χ3n) is 4.81. The van der Waals surface area contributed by atoms with Crippen molar-refractivity contribution in [2.75, 3.05) is 4.31 Å². The SMILES string of the molecule is [2H]ONC(=O)[C@H](C)N(c1cccc(C(=N)N)c1)S(=O)(=O)c1cc(F)c(Oc2ccc(F)cc2)c(F)c1. The highest BCUT2D eigenvalue weighted by Crippen LogP contribution is 2.33. The molecule has 1 amide bonds. The second-order valence-corrected chi connectivity index (χ2v) is 8.99. The summed E-state index contributed by atoms with van der Waals surface area (Å²) in [5, 5.41) is 11.4. The molecule has 0 aliphatic rings. The summed E-state index contributed by atoms with van der Waals surface area (Å²) in [6.07, 6.45) is 0. The lowest BCUT2D eigenvalue weighted by atomic mass is 10.1. The van der Waals surface area contributed by atoms with Gasteiger partial charge in [0.2, 0.25) is 1.43 Å². The normalized spacial score (nSPS) is 12.4. The van der Waals surface area contributed by atoms with Crippen LogP contribution in [0.25, 0.3) is 0 Å². The average molecular weight is 509 g/mol. The predicted molar refractivity (Wildman–Crippen MR) is 119 cm³/mol. The molecule has 3 aromatic rings. The van der Waals surface area contributed by atoms with Crippen molar-refractivity contribution >= 4 is 27.5 Å². The van der Waals surface area contributed by atoms with E-state index >= 15 is 0 Å². The highest BCUT2D eigenvalue weighted by atomic mass is 32.2. The van der Waals surface area contributed by atoms with Crippen LogP contribution in [0, 0.1) is 22.9 Å². The largest absolute Gasteiger partial charge is 0.451 e. The number of carbonyl (C=O) groups is 1. The topological polar surface area (TPSA) is 146 Å². The molecule has 0 bridgehead atoms. The van der Waals surface area contributed by atoms with Crippen molar-refractivity contribution in [1.82, 2.24) is 5.48 Å². The molecule has 1 atom stereocenters. The highest BCUT2D eigenvalue weighted by molar-refractivity contribution is 7.93. The number of halogens is 3. The molecule has 0 fully saturated rings. The van der Waals surface area contributed by atoms with Gasteiger partial charge in [0.25, 0.3) is 15.9 Å². The van der Waals surface area contributed by atoms with Crippen molar-refractivity contribution in [2.45, 2.75) is 17.9 Å². The predicted octanol–water partition coefficient (Wildman–Crippen LogP) is 3.27. The highest BCUT2D eigenvalue weighted by Gasteiger charge is 2.35. The first-order valence-corrected chi connectivity index (χ1v) is 11.2. The van der Waals surface area contributed by atoms with Crippen LogP contribution in [0.2, 0.25) is 1.43 Å². The molecule has 0 spiro atoms. The van der Waals surface area contributed by atoms with E-state index in [0.29, 0.717) is 16.4 Å². The van der Waals surface area contributed by atoms with Crippen molar-refractivity contribution in [3.8, 4) is 11.5 Å². The number of amides is 1. The summed E-state index contributed by atoms with van der Waals surface area (Å²) in [7, 11) is -4.84. The summed E-state index contributed by atoms with van der Waals surface area (Å²) < 4.78 is 82.1. The number of hydrogen-bond acceptors (Lipinski definition) is 6. The molecule has 9 nitrogen and oxygen atoms in total. The van der Waals surface area contributed by atoms with Gasteiger partial charge in [0.1, 0.15) is 23.4 Å². The van der Waals surface area contributed by atoms with Gasteiger partial charge >= 0.3 is 0 Å². The Labute approximate surface area is 199 Å². The van der Waals surface area contributed by atoms with Crippen LogP contribution in [-0.4, -0.2) is 31.4 Å². The number of amidine groups is 1. The van der Waals surface area contributed by atoms with Gasteiger partial charge in [-0.15, -0.1) is 0 Å². The molecule has 5 N–H and O–H groups in total. The number of ether oxygens (including phenoxy) is 1. The van der Waals surface area contributed by atoms with E-state index in [0.717, 1.165) is 31.2 Å². The van der Waals surface area contributed by atoms with Gasteiger partial charge < -0.3 is 10.5 Å². The Morgan fingerprint density at radius 2 is 1.77 bits per heavy atom. The first-order valence-electron chi connectivity index (χ1n) is 10.2. The van der Waals surface area contributed by atoms with Crippen LogP contribution in [0.1, 0.15) is 12.5 Å². The molecule has 0 radical (unpaired) electrons. The number of anilines is 1. The monoisotopic (exact) mass is 509 g/mol. The van der Waals surface area contributed by atoms with Gasteiger partial charge in [-0.1, -0.05) is 12.1 Å². The van der Waals surface area contributed by atoms with E-state index in [2.05, 4.69) is 5.21 Å². The summed E-state index contributed by atoms with van der Waals surface area (Å²) in [5.41, 5.74) is 7.10. The van der Waals surface area contributed by atoms with Crippen molar-refractivity contribution in [3.05, 3.63) is 83.7 Å². The third kappa shape index (κ3) is 5.36. The number of nitrogens with one attached hydrogen (secondary N) is 2. The van der Waals surface area contributed by atoms with Crippen LogP contribution >= 0.6 is 0 Å². The van der Waals surface area contributed by atoms with E-state index < -0.39 is 55.9 Å². The van der Waals surface area contributed by atoms with Crippen molar-refractivity contribution in [1.29, 1.82) is 5.41 Å². The minimum Gasteiger partial charge on any atom is -0.451 e. The summed E-state index contributed by atoms with van der Waals surface area (Å²) in [4.78, 5) is 11.5. The Balaban J connectivity index is 2.10. The average Bonchev–Trinajstić information content (AvgIpc) is 2.82. The number of hydroxylamine groups is 1. The number of nitrogens with zero attached hydrogens (tertiary/aromatic N) is 1. The van der Waals surface area contributed by atoms with Gasteiger partial charge in [-0.25, -0.2) is 27.1 Å². The van der Waals surface area contributed by atoms with Gasteiger partial charge in [0.15, 0.2) is 17.4 Å². The van der Waals surface area contributed by atoms with Gasteiger partial charge in [-0.3, -0.25) is 19.7 Å². The zero-order chi connectivity index (χ0) is 26.6. The standard InChI is InChI=1S/C22H19F3N4O5S/c1-12(22(30)28-31)29(15-4-2-3-13(9-15)21(26)27)35(32,33)17-10-18(24)20(19(25)11-17)34-16-7-5-14(23)6-8-16/h2-12,31H,1H3,(H3,26,27)(H,28,30)/t12-/m0/s1/i/hD. The Hall–Kier alpha value is -4.10. The van der Waals surface area contributed by atoms with Crippen LogP contribution in [0.15, 0.2) is 65.6 Å². The van der Waals surface area contributed by atoms with Gasteiger partial charge in [-0.2, -0.15) is 0 Å². The summed E-state index contributed by atoms with van der Waals surface area (Å²) in [6, 6.07) is 8.88. The molecule has 3 aromatic carbocycles. The zero-order valence-electron chi connectivity index (χ0n) is 19.0. The van der Waals surface area contributed by atoms with Crippen LogP contribution in [-0.2, 0) is 14.8 Å². The molecule has 0 heterocycles. The summed E-state index contributed by atoms with van der Waals surface area (Å²) >= 11 is 0. The smallest absolute Gasteiger partial charge is 0.266 e. The number of benzene rings is 3. The number of rotatable bonds is 9. The van der Waals surface area contributed by atoms with E-state index in [1.54, 1.807) is 5.48 Å². The molecule has 0 aliphatic heterocycles. The number of hydrogen-bond donors (Lipinski definition) is 4. The van der Waals surface area contributed by atoms with Crippen LogP contribution in [0.4, 0.5) is 18.9 Å². The Bertz CT molecular complexity index is 1380. The minimum absolute atomic E-state index is 0.104.